The number of benzene rings is 2. The van der Waals surface area contributed by atoms with Crippen molar-refractivity contribution >= 4 is 50.9 Å². The number of ether oxygens (including phenoxy) is 1. The molecule has 0 radical (unpaired) electrons. The molecular formula is C19H13Cl3N2O6S. The molecule has 0 bridgehead atoms. The van der Waals surface area contributed by atoms with Gasteiger partial charge in [-0.15, -0.1) is 0 Å². The third-order valence-electron chi connectivity index (χ3n) is 3.83. The van der Waals surface area contributed by atoms with E-state index in [4.69, 9.17) is 43.7 Å². The zero-order chi connectivity index (χ0) is 22.8. The van der Waals surface area contributed by atoms with Crippen LogP contribution in [0.2, 0.25) is 15.1 Å². The number of rotatable bonds is 6. The molecule has 0 N–H and O–H groups in total. The number of aromatic nitrogens is 2. The maximum absolute atomic E-state index is 12.7. The number of halogens is 3. The van der Waals surface area contributed by atoms with E-state index in [1.54, 1.807) is 19.1 Å². The smallest absolute Gasteiger partial charge is 0.362 e. The van der Waals surface area contributed by atoms with Crippen LogP contribution in [0.4, 0.5) is 0 Å². The molecule has 0 fully saturated rings. The van der Waals surface area contributed by atoms with Crippen LogP contribution in [-0.4, -0.2) is 30.8 Å². The second-order valence-corrected chi connectivity index (χ2v) is 8.66. The van der Waals surface area contributed by atoms with Gasteiger partial charge in [0.1, 0.15) is 4.90 Å². The van der Waals surface area contributed by atoms with E-state index in [9.17, 15) is 18.0 Å². The number of nitrogens with zero attached hydrogens (tertiary/aromatic N) is 2. The Morgan fingerprint density at radius 1 is 1.03 bits per heavy atom. The number of hydrogen-bond donors (Lipinski definition) is 0. The summed E-state index contributed by atoms with van der Waals surface area (Å²) in [5, 5.41) is 4.24. The summed E-state index contributed by atoms with van der Waals surface area (Å²) < 4.78 is 36.2. The molecule has 1 heterocycles. The van der Waals surface area contributed by atoms with Crippen molar-refractivity contribution in [2.75, 3.05) is 6.61 Å². The Morgan fingerprint density at radius 3 is 2.39 bits per heavy atom. The van der Waals surface area contributed by atoms with Crippen LogP contribution in [0.1, 0.15) is 17.4 Å². The van der Waals surface area contributed by atoms with Gasteiger partial charge in [0.15, 0.2) is 5.75 Å². The minimum atomic E-state index is -4.49. The lowest BCUT2D eigenvalue weighted by Crippen LogP contribution is -2.26. The molecule has 0 unspecified atom stereocenters. The highest BCUT2D eigenvalue weighted by Crippen LogP contribution is 2.28. The van der Waals surface area contributed by atoms with E-state index in [0.717, 1.165) is 22.9 Å². The highest BCUT2D eigenvalue weighted by atomic mass is 35.5. The topological polar surface area (TPSA) is 105 Å². The van der Waals surface area contributed by atoms with Crippen molar-refractivity contribution in [1.82, 2.24) is 9.78 Å². The van der Waals surface area contributed by atoms with Crippen LogP contribution in [0.5, 0.6) is 5.75 Å². The van der Waals surface area contributed by atoms with Gasteiger partial charge in [-0.1, -0.05) is 46.9 Å². The normalized spacial score (nSPS) is 11.2. The van der Waals surface area contributed by atoms with Crippen molar-refractivity contribution < 1.29 is 22.1 Å². The summed E-state index contributed by atoms with van der Waals surface area (Å²) >= 11 is 17.8. The van der Waals surface area contributed by atoms with Crippen molar-refractivity contribution in [1.29, 1.82) is 0 Å². The third-order valence-corrected chi connectivity index (χ3v) is 6.11. The summed E-state index contributed by atoms with van der Waals surface area (Å²) in [5.41, 5.74) is -1.15. The predicted molar refractivity (Wildman–Crippen MR) is 115 cm³/mol. The number of esters is 1. The first-order valence-electron chi connectivity index (χ1n) is 8.60. The molecule has 0 atom stereocenters. The molecule has 0 saturated heterocycles. The molecule has 8 nitrogen and oxygen atoms in total. The van der Waals surface area contributed by atoms with Crippen LogP contribution in [0.3, 0.4) is 0 Å². The van der Waals surface area contributed by atoms with Gasteiger partial charge >= 0.3 is 16.1 Å². The molecule has 3 aromatic rings. The maximum Gasteiger partial charge on any atom is 0.362 e. The standard InChI is InChI=1S/C19H13Cl3N2O6S/c1-2-29-19(26)18-16(30-31(27,28)11-7-8-12(20)14(22)9-11)10-17(25)24(23-18)15-6-4-3-5-13(15)21/h3-10H,2H2,1H3. The first kappa shape index (κ1) is 23.1. The number of para-hydroxylation sites is 1. The average molecular weight is 504 g/mol. The van der Waals surface area contributed by atoms with Gasteiger partial charge in [-0.2, -0.15) is 18.2 Å². The molecule has 1 aromatic heterocycles. The summed E-state index contributed by atoms with van der Waals surface area (Å²) in [5.74, 6) is -1.61. The molecule has 162 valence electrons. The fourth-order valence-corrected chi connectivity index (χ4v) is 3.97. The van der Waals surface area contributed by atoms with Crippen molar-refractivity contribution in [3.8, 4) is 11.4 Å². The predicted octanol–water partition coefficient (Wildman–Crippen LogP) is 4.14. The summed E-state index contributed by atoms with van der Waals surface area (Å²) in [6, 6.07) is 10.6. The fraction of sp³-hybridized carbons (Fsp3) is 0.105. The zero-order valence-corrected chi connectivity index (χ0v) is 18.8. The number of carbonyl (C=O) groups is 1. The van der Waals surface area contributed by atoms with E-state index in [-0.39, 0.29) is 32.3 Å². The molecule has 0 spiro atoms. The van der Waals surface area contributed by atoms with Crippen molar-refractivity contribution in [3.63, 3.8) is 0 Å². The van der Waals surface area contributed by atoms with Crippen LogP contribution in [0.15, 0.2) is 58.2 Å². The fourth-order valence-electron chi connectivity index (χ4n) is 2.44. The summed E-state index contributed by atoms with van der Waals surface area (Å²) in [6.07, 6.45) is 0. The zero-order valence-electron chi connectivity index (χ0n) is 15.7. The number of hydrogen-bond acceptors (Lipinski definition) is 7. The molecule has 3 rings (SSSR count). The molecule has 2 aromatic carbocycles. The van der Waals surface area contributed by atoms with E-state index in [2.05, 4.69) is 5.10 Å². The SMILES string of the molecule is CCOC(=O)c1nn(-c2ccccc2Cl)c(=O)cc1OS(=O)(=O)c1ccc(Cl)c(Cl)c1. The minimum absolute atomic E-state index is 0.0231. The summed E-state index contributed by atoms with van der Waals surface area (Å²) in [4.78, 5) is 24.7. The van der Waals surface area contributed by atoms with Gasteiger partial charge in [0, 0.05) is 0 Å². The molecule has 0 aliphatic carbocycles. The van der Waals surface area contributed by atoms with Gasteiger partial charge in [-0.05, 0) is 37.3 Å². The minimum Gasteiger partial charge on any atom is -0.461 e. The van der Waals surface area contributed by atoms with Gasteiger partial charge < -0.3 is 8.92 Å². The second-order valence-electron chi connectivity index (χ2n) is 5.89. The van der Waals surface area contributed by atoms with E-state index in [1.165, 1.54) is 18.2 Å². The van der Waals surface area contributed by atoms with Gasteiger partial charge in [-0.3, -0.25) is 4.79 Å². The highest BCUT2D eigenvalue weighted by Gasteiger charge is 2.26. The monoisotopic (exact) mass is 502 g/mol. The van der Waals surface area contributed by atoms with Crippen molar-refractivity contribution in [2.45, 2.75) is 11.8 Å². The lowest BCUT2D eigenvalue weighted by molar-refractivity contribution is 0.0515. The lowest BCUT2D eigenvalue weighted by atomic mass is 10.3. The largest absolute Gasteiger partial charge is 0.461 e. The Bertz CT molecular complexity index is 1320. The van der Waals surface area contributed by atoms with Gasteiger partial charge in [-0.25, -0.2) is 4.79 Å². The maximum atomic E-state index is 12.7. The van der Waals surface area contributed by atoms with Crippen LogP contribution in [-0.2, 0) is 14.9 Å². The van der Waals surface area contributed by atoms with E-state index in [1.807, 2.05) is 0 Å². The molecule has 12 heteroatoms. The molecule has 31 heavy (non-hydrogen) atoms. The molecule has 0 amide bonds. The first-order valence-corrected chi connectivity index (χ1v) is 11.1. The lowest BCUT2D eigenvalue weighted by Gasteiger charge is -2.13. The Hall–Kier alpha value is -2.59. The van der Waals surface area contributed by atoms with Gasteiger partial charge in [0.2, 0.25) is 5.69 Å². The first-order chi connectivity index (χ1) is 14.6. The van der Waals surface area contributed by atoms with E-state index < -0.39 is 33.1 Å². The van der Waals surface area contributed by atoms with E-state index >= 15 is 0 Å². The average Bonchev–Trinajstić information content (AvgIpc) is 2.70. The Morgan fingerprint density at radius 2 is 1.74 bits per heavy atom. The quantitative estimate of drug-likeness (QED) is 0.368. The highest BCUT2D eigenvalue weighted by molar-refractivity contribution is 7.87. The summed E-state index contributed by atoms with van der Waals surface area (Å²) in [6.45, 7) is 1.53. The third kappa shape index (κ3) is 5.01. The Balaban J connectivity index is 2.14. The number of carbonyl (C=O) groups excluding carboxylic acids is 1. The Labute approximate surface area is 192 Å². The molecule has 0 saturated carbocycles. The second kappa shape index (κ2) is 9.27. The Kier molecular flexibility index (Phi) is 6.90. The van der Waals surface area contributed by atoms with Crippen LogP contribution in [0, 0.1) is 0 Å². The van der Waals surface area contributed by atoms with Crippen molar-refractivity contribution in [2.24, 2.45) is 0 Å². The van der Waals surface area contributed by atoms with Crippen LogP contribution >= 0.6 is 34.8 Å². The molecule has 0 aliphatic heterocycles. The summed E-state index contributed by atoms with van der Waals surface area (Å²) in [7, 11) is -4.49. The van der Waals surface area contributed by atoms with E-state index in [0.29, 0.717) is 0 Å². The van der Waals surface area contributed by atoms with Crippen molar-refractivity contribution in [3.05, 3.63) is 79.6 Å². The molecule has 0 aliphatic rings. The van der Waals surface area contributed by atoms with Gasteiger partial charge in [0.05, 0.1) is 33.4 Å². The van der Waals surface area contributed by atoms with Crippen LogP contribution < -0.4 is 9.74 Å². The van der Waals surface area contributed by atoms with Gasteiger partial charge in [0.25, 0.3) is 5.56 Å². The van der Waals surface area contributed by atoms with Crippen LogP contribution in [0.25, 0.3) is 5.69 Å². The molecular weight excluding hydrogens is 491 g/mol.